The van der Waals surface area contributed by atoms with Gasteiger partial charge >= 0.3 is 0 Å². The summed E-state index contributed by atoms with van der Waals surface area (Å²) in [4.78, 5) is 12.9. The molecule has 0 spiro atoms. The molecule has 6 nitrogen and oxygen atoms in total. The van der Waals surface area contributed by atoms with Gasteiger partial charge in [-0.3, -0.25) is 4.98 Å². The molecule has 0 radical (unpaired) electrons. The summed E-state index contributed by atoms with van der Waals surface area (Å²) in [6, 6.07) is 12.3. The third-order valence-electron chi connectivity index (χ3n) is 5.43. The van der Waals surface area contributed by atoms with Gasteiger partial charge in [0.15, 0.2) is 11.5 Å². The first kappa shape index (κ1) is 18.2. The number of aromatic nitrogens is 3. The Balaban J connectivity index is 1.59. The molecule has 4 aromatic rings. The van der Waals surface area contributed by atoms with E-state index in [0.717, 1.165) is 45.7 Å². The Labute approximate surface area is 174 Å². The summed E-state index contributed by atoms with van der Waals surface area (Å²) in [7, 11) is 4.80. The average molecular weight is 399 g/mol. The number of benzene rings is 2. The van der Waals surface area contributed by atoms with Crippen molar-refractivity contribution in [3.05, 3.63) is 71.8 Å². The van der Waals surface area contributed by atoms with Crippen molar-refractivity contribution in [2.45, 2.75) is 6.42 Å². The second-order valence-electron chi connectivity index (χ2n) is 7.07. The fourth-order valence-corrected chi connectivity index (χ4v) is 3.92. The molecule has 6 heteroatoms. The molecule has 1 aliphatic carbocycles. The summed E-state index contributed by atoms with van der Waals surface area (Å²) in [5.41, 5.74) is 6.86. The van der Waals surface area contributed by atoms with Crippen LogP contribution in [0.4, 0.5) is 0 Å². The van der Waals surface area contributed by atoms with Crippen molar-refractivity contribution in [3.63, 3.8) is 0 Å². The van der Waals surface area contributed by atoms with Gasteiger partial charge in [0.1, 0.15) is 0 Å². The van der Waals surface area contributed by atoms with E-state index in [1.165, 1.54) is 5.39 Å². The summed E-state index contributed by atoms with van der Waals surface area (Å²) >= 11 is 0. The number of fused-ring (bicyclic) bond motifs is 2. The molecule has 0 saturated carbocycles. The van der Waals surface area contributed by atoms with Gasteiger partial charge in [0.05, 0.1) is 44.6 Å². The number of methoxy groups -OCH3 is 3. The highest BCUT2D eigenvalue weighted by Gasteiger charge is 2.21. The third kappa shape index (κ3) is 2.88. The Kier molecular flexibility index (Phi) is 4.39. The normalized spacial score (nSPS) is 12.6. The molecular formula is C24H21N3O3. The molecule has 2 aromatic heterocycles. The Morgan fingerprint density at radius 1 is 0.900 bits per heavy atom. The molecule has 1 N–H and O–H groups in total. The highest BCUT2D eigenvalue weighted by molar-refractivity contribution is 5.89. The molecule has 0 aliphatic heterocycles. The number of allylic oxidation sites excluding steroid dienone is 1. The summed E-state index contributed by atoms with van der Waals surface area (Å²) in [6.45, 7) is 0. The maximum absolute atomic E-state index is 5.49. The smallest absolute Gasteiger partial charge is 0.203 e. The summed E-state index contributed by atoms with van der Waals surface area (Å²) in [5, 5.41) is 1.18. The van der Waals surface area contributed by atoms with Crippen molar-refractivity contribution in [1.82, 2.24) is 15.0 Å². The summed E-state index contributed by atoms with van der Waals surface area (Å²) in [6.07, 6.45) is 6.72. The predicted octanol–water partition coefficient (Wildman–Crippen LogP) is 4.64. The van der Waals surface area contributed by atoms with Gasteiger partial charge in [-0.15, -0.1) is 0 Å². The summed E-state index contributed by atoms with van der Waals surface area (Å²) < 4.78 is 16.4. The maximum Gasteiger partial charge on any atom is 0.203 e. The number of nitrogens with zero attached hydrogens (tertiary/aromatic N) is 2. The van der Waals surface area contributed by atoms with Crippen LogP contribution in [0.3, 0.4) is 0 Å². The van der Waals surface area contributed by atoms with E-state index in [-0.39, 0.29) is 0 Å². The van der Waals surface area contributed by atoms with Crippen LogP contribution in [0.1, 0.15) is 17.0 Å². The lowest BCUT2D eigenvalue weighted by Gasteiger charge is -2.14. The van der Waals surface area contributed by atoms with Crippen molar-refractivity contribution in [1.29, 1.82) is 0 Å². The highest BCUT2D eigenvalue weighted by Crippen LogP contribution is 2.41. The van der Waals surface area contributed by atoms with Gasteiger partial charge < -0.3 is 19.2 Å². The Bertz CT molecular complexity index is 1270. The van der Waals surface area contributed by atoms with Gasteiger partial charge in [-0.1, -0.05) is 12.1 Å². The van der Waals surface area contributed by atoms with Crippen LogP contribution in [0.25, 0.3) is 27.7 Å². The number of rotatable bonds is 5. The minimum atomic E-state index is 0.554. The number of hydrogen-bond donors (Lipinski definition) is 1. The molecule has 0 bridgehead atoms. The highest BCUT2D eigenvalue weighted by atomic mass is 16.5. The Morgan fingerprint density at radius 2 is 1.70 bits per heavy atom. The monoisotopic (exact) mass is 399 g/mol. The quantitative estimate of drug-likeness (QED) is 0.530. The van der Waals surface area contributed by atoms with Crippen molar-refractivity contribution in [3.8, 4) is 28.5 Å². The van der Waals surface area contributed by atoms with Crippen LogP contribution in [-0.2, 0) is 6.42 Å². The molecule has 30 heavy (non-hydrogen) atoms. The van der Waals surface area contributed by atoms with Gasteiger partial charge in [-0.25, -0.2) is 4.98 Å². The second kappa shape index (κ2) is 7.22. The van der Waals surface area contributed by atoms with Crippen LogP contribution >= 0.6 is 0 Å². The zero-order chi connectivity index (χ0) is 20.7. The van der Waals surface area contributed by atoms with Crippen LogP contribution in [0.2, 0.25) is 0 Å². The van der Waals surface area contributed by atoms with Crippen LogP contribution < -0.4 is 14.2 Å². The molecule has 0 unspecified atom stereocenters. The zero-order valence-corrected chi connectivity index (χ0v) is 17.0. The number of ether oxygens (including phenoxy) is 3. The molecule has 0 amide bonds. The topological polar surface area (TPSA) is 69.3 Å². The van der Waals surface area contributed by atoms with Gasteiger partial charge in [0, 0.05) is 29.3 Å². The van der Waals surface area contributed by atoms with E-state index in [1.54, 1.807) is 27.5 Å². The number of aromatic amines is 1. The van der Waals surface area contributed by atoms with Crippen LogP contribution in [0.5, 0.6) is 17.2 Å². The minimum absolute atomic E-state index is 0.554. The van der Waals surface area contributed by atoms with Gasteiger partial charge in [0.2, 0.25) is 5.75 Å². The van der Waals surface area contributed by atoms with E-state index >= 15 is 0 Å². The van der Waals surface area contributed by atoms with E-state index in [9.17, 15) is 0 Å². The van der Waals surface area contributed by atoms with Crippen molar-refractivity contribution in [2.24, 2.45) is 0 Å². The maximum atomic E-state index is 5.49. The first-order valence-corrected chi connectivity index (χ1v) is 9.66. The van der Waals surface area contributed by atoms with Crippen LogP contribution in [0.15, 0.2) is 54.9 Å². The Morgan fingerprint density at radius 3 is 2.43 bits per heavy atom. The largest absolute Gasteiger partial charge is 0.493 e. The first-order chi connectivity index (χ1) is 14.7. The van der Waals surface area contributed by atoms with Crippen molar-refractivity contribution < 1.29 is 14.2 Å². The molecular weight excluding hydrogens is 378 g/mol. The SMILES string of the molecule is COc1cc(-c2cnc3c(n2)C(c2ccc4[nH]ccc4c2)=CC3)cc(OC)c1OC. The minimum Gasteiger partial charge on any atom is -0.493 e. The van der Waals surface area contributed by atoms with E-state index in [4.69, 9.17) is 19.2 Å². The van der Waals surface area contributed by atoms with E-state index in [1.807, 2.05) is 18.3 Å². The summed E-state index contributed by atoms with van der Waals surface area (Å²) in [5.74, 6) is 1.73. The van der Waals surface area contributed by atoms with Crippen molar-refractivity contribution in [2.75, 3.05) is 21.3 Å². The van der Waals surface area contributed by atoms with E-state index < -0.39 is 0 Å². The molecule has 0 fully saturated rings. The van der Waals surface area contributed by atoms with Crippen LogP contribution in [0, 0.1) is 0 Å². The zero-order valence-electron chi connectivity index (χ0n) is 17.0. The first-order valence-electron chi connectivity index (χ1n) is 9.66. The van der Waals surface area contributed by atoms with Crippen LogP contribution in [-0.4, -0.2) is 36.3 Å². The average Bonchev–Trinajstić information content (AvgIpc) is 3.43. The van der Waals surface area contributed by atoms with Crippen molar-refractivity contribution >= 4 is 16.5 Å². The van der Waals surface area contributed by atoms with Gasteiger partial charge in [-0.2, -0.15) is 0 Å². The molecule has 2 heterocycles. The van der Waals surface area contributed by atoms with E-state index in [0.29, 0.717) is 17.2 Å². The van der Waals surface area contributed by atoms with E-state index in [2.05, 4.69) is 40.3 Å². The third-order valence-corrected chi connectivity index (χ3v) is 5.43. The number of H-pyrrole nitrogens is 1. The molecule has 5 rings (SSSR count). The standard InChI is InChI=1S/C24H21N3O3/c1-28-21-11-16(12-22(29-2)24(21)30-3)20-13-26-19-7-5-17(23(19)27-20)14-4-6-18-15(10-14)8-9-25-18/h4-6,8-13,25H,7H2,1-3H3. The number of nitrogens with one attached hydrogen (secondary N) is 1. The lowest BCUT2D eigenvalue weighted by molar-refractivity contribution is 0.324. The lowest BCUT2D eigenvalue weighted by Crippen LogP contribution is -1.99. The molecule has 0 saturated heterocycles. The lowest BCUT2D eigenvalue weighted by atomic mass is 10.0. The number of hydrogen-bond acceptors (Lipinski definition) is 5. The Hall–Kier alpha value is -3.80. The fraction of sp³-hybridized carbons (Fsp3) is 0.167. The fourth-order valence-electron chi connectivity index (χ4n) is 3.92. The molecule has 150 valence electrons. The van der Waals surface area contributed by atoms with Gasteiger partial charge in [0.25, 0.3) is 0 Å². The molecule has 0 atom stereocenters. The predicted molar refractivity (Wildman–Crippen MR) is 116 cm³/mol. The molecule has 2 aromatic carbocycles. The second-order valence-corrected chi connectivity index (χ2v) is 7.07. The molecule has 1 aliphatic rings. The van der Waals surface area contributed by atoms with Gasteiger partial charge in [-0.05, 0) is 41.3 Å².